The summed E-state index contributed by atoms with van der Waals surface area (Å²) in [7, 11) is 0. The summed E-state index contributed by atoms with van der Waals surface area (Å²) < 4.78 is 6.85. The molecule has 0 unspecified atom stereocenters. The third-order valence-electron chi connectivity index (χ3n) is 3.95. The zero-order valence-electron chi connectivity index (χ0n) is 14.1. The summed E-state index contributed by atoms with van der Waals surface area (Å²) in [6.07, 6.45) is 0.503. The number of nitrogens with one attached hydrogen (secondary N) is 2. The molecule has 2 heterocycles. The second kappa shape index (κ2) is 7.92. The predicted molar refractivity (Wildman–Crippen MR) is 96.3 cm³/mol. The van der Waals surface area contributed by atoms with Crippen molar-refractivity contribution in [1.82, 2.24) is 20.5 Å². The minimum absolute atomic E-state index is 0.149. The molecule has 24 heavy (non-hydrogen) atoms. The van der Waals surface area contributed by atoms with Gasteiger partial charge < -0.3 is 15.4 Å². The number of aromatic nitrogens is 1. The number of fused-ring (bicyclic) bond motifs is 1. The van der Waals surface area contributed by atoms with Crippen molar-refractivity contribution < 1.29 is 9.53 Å². The van der Waals surface area contributed by atoms with Gasteiger partial charge in [0.15, 0.2) is 0 Å². The van der Waals surface area contributed by atoms with E-state index in [1.165, 1.54) is 0 Å². The molecule has 0 aliphatic carbocycles. The quantitative estimate of drug-likeness (QED) is 0.869. The minimum atomic E-state index is -0.149. The molecule has 3 rings (SSSR count). The molecule has 1 aromatic carbocycles. The van der Waals surface area contributed by atoms with Gasteiger partial charge in [-0.05, 0) is 26.0 Å². The topological polar surface area (TPSA) is 66.5 Å². The molecule has 2 N–H and O–H groups in total. The van der Waals surface area contributed by atoms with Gasteiger partial charge in [0.25, 0.3) is 0 Å². The summed E-state index contributed by atoms with van der Waals surface area (Å²) >= 11 is 1.61. The van der Waals surface area contributed by atoms with Crippen LogP contribution in [0, 0.1) is 0 Å². The molecule has 0 bridgehead atoms. The third kappa shape index (κ3) is 4.66. The van der Waals surface area contributed by atoms with Gasteiger partial charge >= 0.3 is 6.03 Å². The van der Waals surface area contributed by atoms with Gasteiger partial charge in [0.1, 0.15) is 5.01 Å². The Balaban J connectivity index is 1.38. The molecule has 0 saturated carbocycles. The third-order valence-corrected chi connectivity index (χ3v) is 4.98. The van der Waals surface area contributed by atoms with Gasteiger partial charge in [-0.1, -0.05) is 12.1 Å². The maximum Gasteiger partial charge on any atom is 0.315 e. The smallest absolute Gasteiger partial charge is 0.315 e. The van der Waals surface area contributed by atoms with Crippen LogP contribution in [0.2, 0.25) is 0 Å². The number of para-hydroxylation sites is 1. The lowest BCUT2D eigenvalue weighted by atomic mass is 10.2. The Morgan fingerprint density at radius 1 is 1.29 bits per heavy atom. The fraction of sp³-hybridized carbons (Fsp3) is 0.529. The highest BCUT2D eigenvalue weighted by Crippen LogP contribution is 2.21. The molecule has 130 valence electrons. The van der Waals surface area contributed by atoms with Crippen LogP contribution in [0.25, 0.3) is 10.2 Å². The molecule has 1 saturated heterocycles. The lowest BCUT2D eigenvalue weighted by Crippen LogP contribution is -2.48. The number of amides is 2. The first-order valence-electron chi connectivity index (χ1n) is 8.34. The van der Waals surface area contributed by atoms with E-state index in [-0.39, 0.29) is 18.2 Å². The molecule has 2 amide bonds. The number of rotatable bonds is 5. The predicted octanol–water partition coefficient (Wildman–Crippen LogP) is 2.20. The molecule has 0 spiro atoms. The number of hydrogen-bond donors (Lipinski definition) is 2. The Morgan fingerprint density at radius 2 is 2.04 bits per heavy atom. The Hall–Kier alpha value is -1.70. The molecule has 6 nitrogen and oxygen atoms in total. The van der Waals surface area contributed by atoms with Gasteiger partial charge in [0.2, 0.25) is 0 Å². The van der Waals surface area contributed by atoms with E-state index in [1.807, 2.05) is 24.3 Å². The highest BCUT2D eigenvalue weighted by atomic mass is 32.1. The van der Waals surface area contributed by atoms with Crippen LogP contribution < -0.4 is 10.6 Å². The summed E-state index contributed by atoms with van der Waals surface area (Å²) in [5, 5.41) is 6.70. The molecule has 2 aromatic rings. The van der Waals surface area contributed by atoms with Crippen molar-refractivity contribution in [1.29, 1.82) is 0 Å². The Labute approximate surface area is 146 Å². The fourth-order valence-electron chi connectivity index (χ4n) is 3.01. The highest BCUT2D eigenvalue weighted by Gasteiger charge is 2.21. The van der Waals surface area contributed by atoms with Crippen LogP contribution in [-0.4, -0.2) is 54.3 Å². The van der Waals surface area contributed by atoms with E-state index < -0.39 is 0 Å². The number of nitrogens with zero attached hydrogens (tertiary/aromatic N) is 2. The number of ether oxygens (including phenoxy) is 1. The van der Waals surface area contributed by atoms with Crippen molar-refractivity contribution in [2.24, 2.45) is 0 Å². The number of urea groups is 1. The van der Waals surface area contributed by atoms with Crippen molar-refractivity contribution >= 4 is 27.6 Å². The SMILES string of the molecule is C[C@@H]1CN(CCNC(=O)NCc2nc3ccccc3s2)C[C@@H](C)O1. The largest absolute Gasteiger partial charge is 0.373 e. The number of carbonyl (C=O) groups is 1. The van der Waals surface area contributed by atoms with Gasteiger partial charge in [-0.3, -0.25) is 4.90 Å². The molecular weight excluding hydrogens is 324 g/mol. The van der Waals surface area contributed by atoms with Gasteiger partial charge in [-0.2, -0.15) is 0 Å². The first-order chi connectivity index (χ1) is 11.6. The minimum Gasteiger partial charge on any atom is -0.373 e. The summed E-state index contributed by atoms with van der Waals surface area (Å²) in [6.45, 7) is 7.93. The molecule has 1 fully saturated rings. The summed E-state index contributed by atoms with van der Waals surface area (Å²) in [5.74, 6) is 0. The van der Waals surface area contributed by atoms with E-state index in [0.717, 1.165) is 34.9 Å². The van der Waals surface area contributed by atoms with E-state index in [0.29, 0.717) is 13.1 Å². The average molecular weight is 348 g/mol. The van der Waals surface area contributed by atoms with Crippen LogP contribution >= 0.6 is 11.3 Å². The lowest BCUT2D eigenvalue weighted by Gasteiger charge is -2.35. The first-order valence-corrected chi connectivity index (χ1v) is 9.16. The van der Waals surface area contributed by atoms with Crippen LogP contribution in [0.1, 0.15) is 18.9 Å². The Morgan fingerprint density at radius 3 is 2.79 bits per heavy atom. The molecule has 1 aliphatic rings. The molecule has 0 radical (unpaired) electrons. The molecule has 2 atom stereocenters. The number of hydrogen-bond acceptors (Lipinski definition) is 5. The van der Waals surface area contributed by atoms with Crippen LogP contribution in [0.3, 0.4) is 0 Å². The Kier molecular flexibility index (Phi) is 5.65. The van der Waals surface area contributed by atoms with E-state index in [4.69, 9.17) is 4.74 Å². The summed E-state index contributed by atoms with van der Waals surface area (Å²) in [5.41, 5.74) is 0.982. The normalized spacial score (nSPS) is 21.8. The number of benzene rings is 1. The van der Waals surface area contributed by atoms with Crippen molar-refractivity contribution in [2.45, 2.75) is 32.6 Å². The van der Waals surface area contributed by atoms with Crippen LogP contribution in [0.15, 0.2) is 24.3 Å². The first kappa shape index (κ1) is 17.1. The van der Waals surface area contributed by atoms with Gasteiger partial charge in [-0.15, -0.1) is 11.3 Å². The average Bonchev–Trinajstić information content (AvgIpc) is 2.95. The van der Waals surface area contributed by atoms with Crippen LogP contribution in [0.4, 0.5) is 4.79 Å². The summed E-state index contributed by atoms with van der Waals surface area (Å²) in [4.78, 5) is 18.7. The molecular formula is C17H24N4O2S. The van der Waals surface area contributed by atoms with E-state index >= 15 is 0 Å². The Bertz CT molecular complexity index is 647. The van der Waals surface area contributed by atoms with E-state index in [9.17, 15) is 4.79 Å². The van der Waals surface area contributed by atoms with E-state index in [2.05, 4.69) is 34.4 Å². The van der Waals surface area contributed by atoms with Crippen molar-refractivity contribution in [3.8, 4) is 0 Å². The van der Waals surface area contributed by atoms with Gasteiger partial charge in [0, 0.05) is 26.2 Å². The monoisotopic (exact) mass is 348 g/mol. The standard InChI is InChI=1S/C17H24N4O2S/c1-12-10-21(11-13(2)23-12)8-7-18-17(22)19-9-16-20-14-5-3-4-6-15(14)24-16/h3-6,12-13H,7-11H2,1-2H3,(H2,18,19,22)/t12-,13-/m1/s1. The van der Waals surface area contributed by atoms with Crippen molar-refractivity contribution in [3.05, 3.63) is 29.3 Å². The van der Waals surface area contributed by atoms with Crippen molar-refractivity contribution in [2.75, 3.05) is 26.2 Å². The second-order valence-electron chi connectivity index (χ2n) is 6.20. The number of carbonyl (C=O) groups excluding carboxylic acids is 1. The summed E-state index contributed by atoms with van der Waals surface area (Å²) in [6, 6.07) is 7.85. The maximum absolute atomic E-state index is 11.9. The highest BCUT2D eigenvalue weighted by molar-refractivity contribution is 7.18. The second-order valence-corrected chi connectivity index (χ2v) is 7.32. The van der Waals surface area contributed by atoms with Gasteiger partial charge in [0.05, 0.1) is 29.0 Å². The van der Waals surface area contributed by atoms with Crippen molar-refractivity contribution in [3.63, 3.8) is 0 Å². The van der Waals surface area contributed by atoms with Crippen LogP contribution in [0.5, 0.6) is 0 Å². The zero-order valence-corrected chi connectivity index (χ0v) is 14.9. The van der Waals surface area contributed by atoms with Gasteiger partial charge in [-0.25, -0.2) is 9.78 Å². The molecule has 1 aromatic heterocycles. The lowest BCUT2D eigenvalue weighted by molar-refractivity contribution is -0.0672. The fourth-order valence-corrected chi connectivity index (χ4v) is 3.92. The number of thiazole rings is 1. The number of morpholine rings is 1. The maximum atomic E-state index is 11.9. The van der Waals surface area contributed by atoms with E-state index in [1.54, 1.807) is 11.3 Å². The molecule has 7 heteroatoms. The molecule has 1 aliphatic heterocycles. The zero-order chi connectivity index (χ0) is 16.9. The van der Waals surface area contributed by atoms with Crippen LogP contribution in [-0.2, 0) is 11.3 Å².